The number of carbonyl (C=O) groups is 1. The molecule has 2 bridgehead atoms. The zero-order valence-electron chi connectivity index (χ0n) is 12.8. The highest BCUT2D eigenvalue weighted by Crippen LogP contribution is 2.46. The number of carbonyl (C=O) groups excluding carboxylic acids is 1. The van der Waals surface area contributed by atoms with Crippen LogP contribution in [0.4, 0.5) is 0 Å². The molecular weight excluding hydrogens is 250 g/mol. The number of allylic oxidation sites excluding steroid dienone is 2. The number of ether oxygens (including phenoxy) is 1. The first-order chi connectivity index (χ1) is 9.37. The molecule has 20 heavy (non-hydrogen) atoms. The van der Waals surface area contributed by atoms with Crippen LogP contribution in [0.3, 0.4) is 0 Å². The van der Waals surface area contributed by atoms with Gasteiger partial charge in [0, 0.05) is 11.5 Å². The lowest BCUT2D eigenvalue weighted by Crippen LogP contribution is -2.49. The third-order valence-electron chi connectivity index (χ3n) is 5.57. The monoisotopic (exact) mass is 277 g/mol. The third-order valence-corrected chi connectivity index (χ3v) is 5.57. The Morgan fingerprint density at radius 2 is 2.00 bits per heavy atom. The summed E-state index contributed by atoms with van der Waals surface area (Å²) >= 11 is 0. The van der Waals surface area contributed by atoms with Crippen molar-refractivity contribution in [2.24, 2.45) is 34.8 Å². The summed E-state index contributed by atoms with van der Waals surface area (Å²) in [6.45, 7) is 6.53. The molecule has 112 valence electrons. The summed E-state index contributed by atoms with van der Waals surface area (Å²) in [4.78, 5) is 12.5. The quantitative estimate of drug-likeness (QED) is 0.623. The van der Waals surface area contributed by atoms with E-state index < -0.39 is 0 Å². The van der Waals surface area contributed by atoms with Gasteiger partial charge in [-0.05, 0) is 43.4 Å². The number of nitrogens with two attached hydrogens (primary N) is 1. The lowest BCUT2D eigenvalue weighted by atomic mass is 9.68. The first-order valence-electron chi connectivity index (χ1n) is 8.01. The summed E-state index contributed by atoms with van der Waals surface area (Å²) in [7, 11) is 0. The van der Waals surface area contributed by atoms with Crippen molar-refractivity contribution in [3.8, 4) is 0 Å². The Morgan fingerprint density at radius 3 is 2.55 bits per heavy atom. The second kappa shape index (κ2) is 4.87. The van der Waals surface area contributed by atoms with Crippen molar-refractivity contribution in [1.82, 2.24) is 0 Å². The molecule has 3 nitrogen and oxygen atoms in total. The maximum absolute atomic E-state index is 12.5. The molecule has 6 atom stereocenters. The van der Waals surface area contributed by atoms with E-state index in [0.717, 1.165) is 25.7 Å². The highest BCUT2D eigenvalue weighted by Gasteiger charge is 2.46. The second-order valence-electron chi connectivity index (χ2n) is 7.91. The molecule has 6 unspecified atom stereocenters. The van der Waals surface area contributed by atoms with Crippen molar-refractivity contribution in [2.45, 2.75) is 58.6 Å². The molecule has 3 heteroatoms. The third kappa shape index (κ3) is 2.41. The van der Waals surface area contributed by atoms with Gasteiger partial charge in [0.1, 0.15) is 6.10 Å². The highest BCUT2D eigenvalue weighted by molar-refractivity contribution is 5.74. The Bertz CT molecular complexity index is 429. The molecular formula is C17H27NO2. The molecule has 0 amide bonds. The molecule has 0 aromatic carbocycles. The lowest BCUT2D eigenvalue weighted by molar-refractivity contribution is -0.169. The molecule has 0 heterocycles. The van der Waals surface area contributed by atoms with Gasteiger partial charge in [-0.2, -0.15) is 0 Å². The fourth-order valence-corrected chi connectivity index (χ4v) is 4.79. The molecule has 0 aliphatic heterocycles. The van der Waals surface area contributed by atoms with E-state index in [-0.39, 0.29) is 29.4 Å². The van der Waals surface area contributed by atoms with Crippen LogP contribution in [0.25, 0.3) is 0 Å². The molecule has 3 aliphatic rings. The minimum atomic E-state index is -0.0137. The lowest BCUT2D eigenvalue weighted by Gasteiger charge is -2.44. The van der Waals surface area contributed by atoms with Crippen LogP contribution in [0.5, 0.6) is 0 Å². The van der Waals surface area contributed by atoms with Gasteiger partial charge in [0.15, 0.2) is 0 Å². The summed E-state index contributed by atoms with van der Waals surface area (Å²) in [5, 5.41) is 0. The van der Waals surface area contributed by atoms with Gasteiger partial charge in [-0.1, -0.05) is 32.9 Å². The van der Waals surface area contributed by atoms with Crippen LogP contribution in [0, 0.1) is 29.1 Å². The smallest absolute Gasteiger partial charge is 0.309 e. The van der Waals surface area contributed by atoms with Crippen LogP contribution in [0.2, 0.25) is 0 Å². The van der Waals surface area contributed by atoms with E-state index in [1.807, 2.05) is 0 Å². The molecule has 0 aromatic heterocycles. The zero-order chi connectivity index (χ0) is 14.5. The van der Waals surface area contributed by atoms with Gasteiger partial charge in [-0.25, -0.2) is 0 Å². The van der Waals surface area contributed by atoms with Gasteiger partial charge in [0.25, 0.3) is 0 Å². The number of esters is 1. The van der Waals surface area contributed by atoms with Gasteiger partial charge in [0.05, 0.1) is 5.92 Å². The van der Waals surface area contributed by atoms with E-state index in [9.17, 15) is 4.79 Å². The first-order valence-corrected chi connectivity index (χ1v) is 8.01. The SMILES string of the molecule is CC1CC(N)CC(C)(C)C1OC(=O)C1CC2C=CC1C2. The minimum absolute atomic E-state index is 0.0120. The van der Waals surface area contributed by atoms with Gasteiger partial charge in [-0.3, -0.25) is 4.79 Å². The minimum Gasteiger partial charge on any atom is -0.461 e. The Morgan fingerprint density at radius 1 is 1.25 bits per heavy atom. The average Bonchev–Trinajstić information content (AvgIpc) is 2.94. The van der Waals surface area contributed by atoms with Crippen molar-refractivity contribution in [3.63, 3.8) is 0 Å². The van der Waals surface area contributed by atoms with E-state index in [2.05, 4.69) is 32.9 Å². The fraction of sp³-hybridized carbons (Fsp3) is 0.824. The number of rotatable bonds is 2. The van der Waals surface area contributed by atoms with Crippen molar-refractivity contribution in [3.05, 3.63) is 12.2 Å². The van der Waals surface area contributed by atoms with E-state index in [0.29, 0.717) is 17.8 Å². The predicted octanol–water partition coefficient (Wildman–Crippen LogP) is 2.89. The predicted molar refractivity (Wildman–Crippen MR) is 78.9 cm³/mol. The molecule has 2 N–H and O–H groups in total. The van der Waals surface area contributed by atoms with Gasteiger partial charge in [-0.15, -0.1) is 0 Å². The normalized spacial score (nSPS) is 45.6. The van der Waals surface area contributed by atoms with E-state index in [4.69, 9.17) is 10.5 Å². The summed E-state index contributed by atoms with van der Waals surface area (Å²) in [5.74, 6) is 1.53. The Labute approximate surface area is 121 Å². The Hall–Kier alpha value is -0.830. The molecule has 3 rings (SSSR count). The van der Waals surface area contributed by atoms with Gasteiger partial charge in [0.2, 0.25) is 0 Å². The first kappa shape index (κ1) is 14.1. The van der Waals surface area contributed by atoms with Crippen molar-refractivity contribution in [2.75, 3.05) is 0 Å². The molecule has 0 aromatic rings. The van der Waals surface area contributed by atoms with E-state index in [1.165, 1.54) is 0 Å². The maximum Gasteiger partial charge on any atom is 0.309 e. The Balaban J connectivity index is 1.67. The topological polar surface area (TPSA) is 52.3 Å². The highest BCUT2D eigenvalue weighted by atomic mass is 16.5. The van der Waals surface area contributed by atoms with Crippen LogP contribution in [-0.4, -0.2) is 18.1 Å². The van der Waals surface area contributed by atoms with E-state index >= 15 is 0 Å². The molecule has 0 radical (unpaired) electrons. The van der Waals surface area contributed by atoms with Crippen molar-refractivity contribution in [1.29, 1.82) is 0 Å². The maximum atomic E-state index is 12.5. The number of fused-ring (bicyclic) bond motifs is 2. The van der Waals surface area contributed by atoms with Gasteiger partial charge >= 0.3 is 5.97 Å². The van der Waals surface area contributed by atoms with Crippen molar-refractivity contribution >= 4 is 5.97 Å². The Kier molecular flexibility index (Phi) is 3.44. The number of hydrogen-bond acceptors (Lipinski definition) is 3. The van der Waals surface area contributed by atoms with Crippen LogP contribution in [0.1, 0.15) is 46.5 Å². The second-order valence-corrected chi connectivity index (χ2v) is 7.91. The van der Waals surface area contributed by atoms with E-state index in [1.54, 1.807) is 0 Å². The molecule has 0 spiro atoms. The summed E-state index contributed by atoms with van der Waals surface area (Å²) in [5.41, 5.74) is 6.10. The summed E-state index contributed by atoms with van der Waals surface area (Å²) < 4.78 is 5.98. The molecule has 2 fully saturated rings. The largest absolute Gasteiger partial charge is 0.461 e. The van der Waals surface area contributed by atoms with Crippen LogP contribution in [0.15, 0.2) is 12.2 Å². The van der Waals surface area contributed by atoms with Crippen LogP contribution in [-0.2, 0) is 9.53 Å². The molecule has 2 saturated carbocycles. The molecule has 3 aliphatic carbocycles. The zero-order valence-corrected chi connectivity index (χ0v) is 12.8. The fourth-order valence-electron chi connectivity index (χ4n) is 4.79. The average molecular weight is 277 g/mol. The van der Waals surface area contributed by atoms with Gasteiger partial charge < -0.3 is 10.5 Å². The standard InChI is InChI=1S/C17H27NO2/c1-10-6-13(18)9-17(2,3)15(10)20-16(19)14-8-11-4-5-12(14)7-11/h4-5,10-15H,6-9,18H2,1-3H3. The van der Waals surface area contributed by atoms with Crippen molar-refractivity contribution < 1.29 is 9.53 Å². The number of hydrogen-bond donors (Lipinski definition) is 1. The van der Waals surface area contributed by atoms with Crippen LogP contribution < -0.4 is 5.73 Å². The summed E-state index contributed by atoms with van der Waals surface area (Å²) in [6, 6.07) is 0.236. The molecule has 0 saturated heterocycles. The summed E-state index contributed by atoms with van der Waals surface area (Å²) in [6.07, 6.45) is 8.52. The van der Waals surface area contributed by atoms with Crippen LogP contribution >= 0.6 is 0 Å².